The molecular formula is C14H29N. The molecule has 0 heterocycles. The lowest BCUT2D eigenvalue weighted by Crippen LogP contribution is -2.16. The van der Waals surface area contributed by atoms with Gasteiger partial charge >= 0.3 is 0 Å². The van der Waals surface area contributed by atoms with Gasteiger partial charge in [-0.05, 0) is 31.8 Å². The van der Waals surface area contributed by atoms with E-state index in [2.05, 4.69) is 12.2 Å². The van der Waals surface area contributed by atoms with Crippen molar-refractivity contribution in [3.8, 4) is 0 Å². The summed E-state index contributed by atoms with van der Waals surface area (Å²) in [6, 6.07) is 0. The van der Waals surface area contributed by atoms with Gasteiger partial charge in [0.2, 0.25) is 0 Å². The van der Waals surface area contributed by atoms with Crippen LogP contribution < -0.4 is 5.32 Å². The Morgan fingerprint density at radius 3 is 2.20 bits per heavy atom. The molecule has 1 aliphatic rings. The van der Waals surface area contributed by atoms with Crippen LogP contribution in [0.3, 0.4) is 0 Å². The third kappa shape index (κ3) is 8.92. The van der Waals surface area contributed by atoms with Crippen molar-refractivity contribution in [3.05, 3.63) is 0 Å². The molecule has 0 aromatic rings. The number of hydrogen-bond acceptors (Lipinski definition) is 1. The van der Waals surface area contributed by atoms with Crippen molar-refractivity contribution in [1.29, 1.82) is 0 Å². The van der Waals surface area contributed by atoms with Crippen LogP contribution in [0.4, 0.5) is 0 Å². The van der Waals surface area contributed by atoms with Crippen LogP contribution in [0.1, 0.15) is 71.1 Å². The zero-order valence-electron chi connectivity index (χ0n) is 10.6. The highest BCUT2D eigenvalue weighted by Gasteiger charge is 2.19. The van der Waals surface area contributed by atoms with Crippen LogP contribution in [-0.2, 0) is 0 Å². The van der Waals surface area contributed by atoms with E-state index in [1.165, 1.54) is 77.3 Å². The Labute approximate surface area is 96.0 Å². The molecule has 1 rings (SSSR count). The largest absolute Gasteiger partial charge is 0.317 e. The molecule has 0 unspecified atom stereocenters. The zero-order valence-corrected chi connectivity index (χ0v) is 10.6. The molecule has 1 nitrogen and oxygen atoms in total. The first kappa shape index (κ1) is 13.0. The van der Waals surface area contributed by atoms with Gasteiger partial charge in [0.1, 0.15) is 0 Å². The molecule has 1 fully saturated rings. The van der Waals surface area contributed by atoms with Crippen LogP contribution in [0, 0.1) is 5.92 Å². The van der Waals surface area contributed by atoms with Crippen molar-refractivity contribution in [2.75, 3.05) is 13.1 Å². The lowest BCUT2D eigenvalue weighted by atomic mass is 10.1. The third-order valence-electron chi connectivity index (χ3n) is 3.38. The summed E-state index contributed by atoms with van der Waals surface area (Å²) in [5.41, 5.74) is 0. The molecule has 1 aliphatic carbocycles. The number of nitrogens with one attached hydrogen (secondary N) is 1. The van der Waals surface area contributed by atoms with Gasteiger partial charge in [-0.3, -0.25) is 0 Å². The molecule has 15 heavy (non-hydrogen) atoms. The number of rotatable bonds is 11. The minimum absolute atomic E-state index is 1.09. The molecule has 0 bridgehead atoms. The first-order valence-corrected chi connectivity index (χ1v) is 7.14. The Balaban J connectivity index is 1.62. The molecule has 0 aliphatic heterocycles. The van der Waals surface area contributed by atoms with Gasteiger partial charge in [0.15, 0.2) is 0 Å². The molecule has 1 N–H and O–H groups in total. The fourth-order valence-electron chi connectivity index (χ4n) is 2.04. The van der Waals surface area contributed by atoms with E-state index in [4.69, 9.17) is 0 Å². The van der Waals surface area contributed by atoms with E-state index < -0.39 is 0 Å². The van der Waals surface area contributed by atoms with E-state index in [9.17, 15) is 0 Å². The monoisotopic (exact) mass is 211 g/mol. The predicted octanol–water partition coefficient (Wildman–Crippen LogP) is 4.13. The van der Waals surface area contributed by atoms with Crippen molar-refractivity contribution >= 4 is 0 Å². The smallest absolute Gasteiger partial charge is 0.00463 e. The fraction of sp³-hybridized carbons (Fsp3) is 1.00. The SMILES string of the molecule is CCCCCCCCCNCCC1CC1. The second-order valence-corrected chi connectivity index (χ2v) is 5.10. The van der Waals surface area contributed by atoms with Gasteiger partial charge in [0, 0.05) is 0 Å². The Kier molecular flexibility index (Phi) is 7.99. The van der Waals surface area contributed by atoms with E-state index in [1.54, 1.807) is 0 Å². The molecular weight excluding hydrogens is 182 g/mol. The van der Waals surface area contributed by atoms with Crippen molar-refractivity contribution < 1.29 is 0 Å². The molecule has 1 saturated carbocycles. The lowest BCUT2D eigenvalue weighted by molar-refractivity contribution is 0.549. The van der Waals surface area contributed by atoms with Crippen LogP contribution in [-0.4, -0.2) is 13.1 Å². The quantitative estimate of drug-likeness (QED) is 0.507. The topological polar surface area (TPSA) is 12.0 Å². The second kappa shape index (κ2) is 9.21. The highest BCUT2D eigenvalue weighted by atomic mass is 14.8. The van der Waals surface area contributed by atoms with E-state index in [-0.39, 0.29) is 0 Å². The van der Waals surface area contributed by atoms with Crippen molar-refractivity contribution in [3.63, 3.8) is 0 Å². The minimum Gasteiger partial charge on any atom is -0.317 e. The van der Waals surface area contributed by atoms with Crippen LogP contribution in [0.2, 0.25) is 0 Å². The molecule has 90 valence electrons. The summed E-state index contributed by atoms with van der Waals surface area (Å²) in [5, 5.41) is 3.56. The zero-order chi connectivity index (χ0) is 10.8. The lowest BCUT2D eigenvalue weighted by Gasteiger charge is -2.04. The van der Waals surface area contributed by atoms with Gasteiger partial charge in [-0.1, -0.05) is 58.3 Å². The van der Waals surface area contributed by atoms with Crippen molar-refractivity contribution in [1.82, 2.24) is 5.32 Å². The average molecular weight is 211 g/mol. The molecule has 0 atom stereocenters. The summed E-state index contributed by atoms with van der Waals surface area (Å²) in [7, 11) is 0. The van der Waals surface area contributed by atoms with Gasteiger partial charge < -0.3 is 5.32 Å². The van der Waals surface area contributed by atoms with Gasteiger partial charge in [0.05, 0.1) is 0 Å². The van der Waals surface area contributed by atoms with Crippen LogP contribution >= 0.6 is 0 Å². The Bertz CT molecular complexity index is 129. The van der Waals surface area contributed by atoms with Crippen LogP contribution in [0.5, 0.6) is 0 Å². The minimum atomic E-state index is 1.09. The molecule has 0 spiro atoms. The summed E-state index contributed by atoms with van der Waals surface area (Å²) in [5.74, 6) is 1.09. The average Bonchev–Trinajstić information content (AvgIpc) is 3.05. The molecule has 0 saturated heterocycles. The summed E-state index contributed by atoms with van der Waals surface area (Å²) in [4.78, 5) is 0. The standard InChI is InChI=1S/C14H29N/c1-2-3-4-5-6-7-8-12-15-13-11-14-9-10-14/h14-15H,2-13H2,1H3. The summed E-state index contributed by atoms with van der Waals surface area (Å²) < 4.78 is 0. The Morgan fingerprint density at radius 1 is 0.867 bits per heavy atom. The van der Waals surface area contributed by atoms with Gasteiger partial charge in [-0.2, -0.15) is 0 Å². The van der Waals surface area contributed by atoms with Crippen LogP contribution in [0.25, 0.3) is 0 Å². The first-order valence-electron chi connectivity index (χ1n) is 7.14. The van der Waals surface area contributed by atoms with Gasteiger partial charge in [0.25, 0.3) is 0 Å². The molecule has 0 aromatic carbocycles. The maximum atomic E-state index is 3.56. The number of unbranched alkanes of at least 4 members (excludes halogenated alkanes) is 6. The molecule has 0 amide bonds. The predicted molar refractivity (Wildman–Crippen MR) is 68.2 cm³/mol. The molecule has 0 radical (unpaired) electrons. The summed E-state index contributed by atoms with van der Waals surface area (Å²) in [6.45, 7) is 4.80. The molecule has 0 aromatic heterocycles. The maximum Gasteiger partial charge on any atom is -0.00463 e. The highest BCUT2D eigenvalue weighted by molar-refractivity contribution is 4.73. The van der Waals surface area contributed by atoms with Crippen molar-refractivity contribution in [2.24, 2.45) is 5.92 Å². The maximum absolute atomic E-state index is 3.56. The van der Waals surface area contributed by atoms with Gasteiger partial charge in [-0.15, -0.1) is 0 Å². The Morgan fingerprint density at radius 2 is 1.53 bits per heavy atom. The van der Waals surface area contributed by atoms with E-state index in [1.807, 2.05) is 0 Å². The molecule has 1 heteroatoms. The van der Waals surface area contributed by atoms with Gasteiger partial charge in [-0.25, -0.2) is 0 Å². The number of hydrogen-bond donors (Lipinski definition) is 1. The van der Waals surface area contributed by atoms with E-state index in [0.717, 1.165) is 5.92 Å². The van der Waals surface area contributed by atoms with Crippen LogP contribution in [0.15, 0.2) is 0 Å². The fourth-order valence-corrected chi connectivity index (χ4v) is 2.04. The highest BCUT2D eigenvalue weighted by Crippen LogP contribution is 2.31. The normalized spacial score (nSPS) is 15.8. The van der Waals surface area contributed by atoms with Crippen molar-refractivity contribution in [2.45, 2.75) is 71.1 Å². The Hall–Kier alpha value is -0.0400. The van der Waals surface area contributed by atoms with E-state index in [0.29, 0.717) is 0 Å². The van der Waals surface area contributed by atoms with E-state index >= 15 is 0 Å². The summed E-state index contributed by atoms with van der Waals surface area (Å²) in [6.07, 6.45) is 14.4. The first-order chi connectivity index (χ1) is 7.43. The summed E-state index contributed by atoms with van der Waals surface area (Å²) >= 11 is 0. The second-order valence-electron chi connectivity index (χ2n) is 5.10. The third-order valence-corrected chi connectivity index (χ3v) is 3.38.